The number of aliphatic hydroxyl groups is 1. The second-order valence-electron chi connectivity index (χ2n) is 7.40. The fourth-order valence-electron chi connectivity index (χ4n) is 3.42. The van der Waals surface area contributed by atoms with Crippen molar-refractivity contribution in [3.8, 4) is 0 Å². The van der Waals surface area contributed by atoms with Gasteiger partial charge in [-0.1, -0.05) is 39.0 Å². The Balaban J connectivity index is 2.67. The molecule has 0 bridgehead atoms. The second-order valence-corrected chi connectivity index (χ2v) is 7.40. The van der Waals surface area contributed by atoms with E-state index in [-0.39, 0.29) is 17.1 Å². The average Bonchev–Trinajstić information content (AvgIpc) is 2.55. The zero-order chi connectivity index (χ0) is 19.5. The van der Waals surface area contributed by atoms with Crippen LogP contribution in [-0.2, 0) is 14.3 Å². The third-order valence-electron chi connectivity index (χ3n) is 4.79. The van der Waals surface area contributed by atoms with Gasteiger partial charge in [0.1, 0.15) is 11.7 Å². The minimum atomic E-state index is -0.876. The van der Waals surface area contributed by atoms with Crippen LogP contribution in [0.25, 0.3) is 0 Å². The monoisotopic (exact) mass is 357 g/mol. The summed E-state index contributed by atoms with van der Waals surface area (Å²) in [6.07, 6.45) is 1.34. The first-order valence-electron chi connectivity index (χ1n) is 8.90. The lowest BCUT2D eigenvalue weighted by atomic mass is 9.67. The number of aliphatic hydroxyl groups excluding tert-OH is 1. The van der Waals surface area contributed by atoms with Crippen molar-refractivity contribution in [1.82, 2.24) is 0 Å². The third-order valence-corrected chi connectivity index (χ3v) is 4.79. The maximum atomic E-state index is 12.7. The number of ether oxygens (including phenoxy) is 1. The lowest BCUT2D eigenvalue weighted by Crippen LogP contribution is -2.41. The molecule has 0 aromatic heterocycles. The Labute approximate surface area is 154 Å². The number of hydrogen-bond donors (Lipinski definition) is 1. The van der Waals surface area contributed by atoms with Gasteiger partial charge in [0, 0.05) is 6.42 Å². The third kappa shape index (κ3) is 3.87. The summed E-state index contributed by atoms with van der Waals surface area (Å²) in [6, 6.07) is 7.63. The Morgan fingerprint density at radius 1 is 1.31 bits per heavy atom. The fraction of sp³-hybridized carbons (Fsp3) is 0.476. The Morgan fingerprint density at radius 3 is 2.54 bits per heavy atom. The molecule has 1 aromatic rings. The minimum absolute atomic E-state index is 0.171. The SMILES string of the molecule is CCCC(=O)C1=C(O)[C@@H](C(=O)OC)C(C)(C)CC1=Nc1ccccc1C. The lowest BCUT2D eigenvalue weighted by molar-refractivity contribution is -0.149. The highest BCUT2D eigenvalue weighted by Gasteiger charge is 2.47. The molecule has 0 amide bonds. The van der Waals surface area contributed by atoms with Gasteiger partial charge >= 0.3 is 5.97 Å². The van der Waals surface area contributed by atoms with Gasteiger partial charge in [-0.3, -0.25) is 14.6 Å². The molecule has 1 atom stereocenters. The number of benzene rings is 1. The smallest absolute Gasteiger partial charge is 0.316 e. The van der Waals surface area contributed by atoms with Gasteiger partial charge in [0.15, 0.2) is 5.78 Å². The Hall–Kier alpha value is -2.43. The van der Waals surface area contributed by atoms with E-state index in [0.29, 0.717) is 25.0 Å². The van der Waals surface area contributed by atoms with Crippen LogP contribution in [0.1, 0.15) is 45.6 Å². The first kappa shape index (κ1) is 19.9. The summed E-state index contributed by atoms with van der Waals surface area (Å²) in [4.78, 5) is 29.7. The zero-order valence-electron chi connectivity index (χ0n) is 16.1. The highest BCUT2D eigenvalue weighted by Crippen LogP contribution is 2.43. The molecular formula is C21H27NO4. The maximum absolute atomic E-state index is 12.7. The number of nitrogens with zero attached hydrogens (tertiary/aromatic N) is 1. The summed E-state index contributed by atoms with van der Waals surface area (Å²) in [5.74, 6) is -1.83. The van der Waals surface area contributed by atoms with Crippen molar-refractivity contribution in [3.05, 3.63) is 41.2 Å². The van der Waals surface area contributed by atoms with E-state index in [0.717, 1.165) is 11.3 Å². The van der Waals surface area contributed by atoms with Gasteiger partial charge in [0.25, 0.3) is 0 Å². The van der Waals surface area contributed by atoms with Crippen molar-refractivity contribution >= 4 is 23.2 Å². The quantitative estimate of drug-likeness (QED) is 0.789. The molecule has 26 heavy (non-hydrogen) atoms. The Kier molecular flexibility index (Phi) is 6.01. The molecule has 1 aliphatic carbocycles. The summed E-state index contributed by atoms with van der Waals surface area (Å²) < 4.78 is 4.87. The molecule has 0 aliphatic heterocycles. The van der Waals surface area contributed by atoms with Crippen molar-refractivity contribution in [2.75, 3.05) is 7.11 Å². The number of methoxy groups -OCH3 is 1. The van der Waals surface area contributed by atoms with E-state index in [1.54, 1.807) is 0 Å². The molecule has 1 aliphatic rings. The fourth-order valence-corrected chi connectivity index (χ4v) is 3.42. The number of ketones is 1. The molecule has 2 rings (SSSR count). The molecule has 1 aromatic carbocycles. The number of Topliss-reactive ketones (excluding diaryl/α,β-unsaturated/α-hetero) is 1. The van der Waals surface area contributed by atoms with Crippen molar-refractivity contribution in [1.29, 1.82) is 0 Å². The highest BCUT2D eigenvalue weighted by molar-refractivity contribution is 6.24. The van der Waals surface area contributed by atoms with Gasteiger partial charge < -0.3 is 9.84 Å². The van der Waals surface area contributed by atoms with Crippen LogP contribution in [0.2, 0.25) is 0 Å². The van der Waals surface area contributed by atoms with Crippen LogP contribution in [0.5, 0.6) is 0 Å². The van der Waals surface area contributed by atoms with E-state index in [9.17, 15) is 14.7 Å². The first-order valence-corrected chi connectivity index (χ1v) is 8.90. The van der Waals surface area contributed by atoms with Gasteiger partial charge in [-0.2, -0.15) is 0 Å². The van der Waals surface area contributed by atoms with Crippen LogP contribution in [0.3, 0.4) is 0 Å². The first-order chi connectivity index (χ1) is 12.2. The summed E-state index contributed by atoms with van der Waals surface area (Å²) in [5, 5.41) is 10.9. The lowest BCUT2D eigenvalue weighted by Gasteiger charge is -2.37. The number of rotatable bonds is 5. The molecule has 0 unspecified atom stereocenters. The number of esters is 1. The number of aryl methyl sites for hydroxylation is 1. The van der Waals surface area contributed by atoms with Crippen molar-refractivity contribution in [3.63, 3.8) is 0 Å². The summed E-state index contributed by atoms with van der Waals surface area (Å²) in [6.45, 7) is 7.60. The molecule has 140 valence electrons. The standard InChI is InChI=1S/C21H27NO4/c1-6-9-16(23)17-15(22-14-11-8-7-10-13(14)2)12-21(3,4)18(19(17)24)20(25)26-5/h7-8,10-11,18,24H,6,9,12H2,1-5H3/t18-/m0/s1. The summed E-state index contributed by atoms with van der Waals surface area (Å²) in [5.41, 5.74) is 1.82. The Morgan fingerprint density at radius 2 is 1.96 bits per heavy atom. The largest absolute Gasteiger partial charge is 0.511 e. The molecule has 0 fully saturated rings. The Bertz CT molecular complexity index is 774. The number of allylic oxidation sites excluding steroid dienone is 1. The summed E-state index contributed by atoms with van der Waals surface area (Å²) in [7, 11) is 1.29. The van der Waals surface area contributed by atoms with Gasteiger partial charge in [-0.25, -0.2) is 0 Å². The van der Waals surface area contributed by atoms with Crippen LogP contribution in [0.4, 0.5) is 5.69 Å². The highest BCUT2D eigenvalue weighted by atomic mass is 16.5. The van der Waals surface area contributed by atoms with Crippen LogP contribution in [-0.4, -0.2) is 29.7 Å². The predicted octanol–water partition coefficient (Wildman–Crippen LogP) is 4.47. The van der Waals surface area contributed by atoms with Gasteiger partial charge in [0.05, 0.1) is 24.1 Å². The summed E-state index contributed by atoms with van der Waals surface area (Å²) >= 11 is 0. The molecule has 0 saturated carbocycles. The van der Waals surface area contributed by atoms with Crippen LogP contribution < -0.4 is 0 Å². The molecule has 0 heterocycles. The van der Waals surface area contributed by atoms with Gasteiger partial charge in [-0.15, -0.1) is 0 Å². The van der Waals surface area contributed by atoms with Gasteiger partial charge in [-0.05, 0) is 36.8 Å². The van der Waals surface area contributed by atoms with E-state index >= 15 is 0 Å². The molecule has 0 saturated heterocycles. The normalized spacial score (nSPS) is 21.0. The average molecular weight is 357 g/mol. The van der Waals surface area contributed by atoms with E-state index in [1.165, 1.54) is 7.11 Å². The molecule has 1 N–H and O–H groups in total. The predicted molar refractivity (Wildman–Crippen MR) is 102 cm³/mol. The number of carbonyl (C=O) groups is 2. The van der Waals surface area contributed by atoms with E-state index in [4.69, 9.17) is 9.73 Å². The van der Waals surface area contributed by atoms with Crippen molar-refractivity contribution < 1.29 is 19.4 Å². The number of aliphatic imine (C=N–C) groups is 1. The van der Waals surface area contributed by atoms with Crippen molar-refractivity contribution in [2.45, 2.75) is 47.0 Å². The molecule has 0 radical (unpaired) electrons. The number of hydrogen-bond acceptors (Lipinski definition) is 5. The second kappa shape index (κ2) is 7.85. The number of para-hydroxylation sites is 1. The van der Waals surface area contributed by atoms with Crippen LogP contribution >= 0.6 is 0 Å². The minimum Gasteiger partial charge on any atom is -0.511 e. The topological polar surface area (TPSA) is 76.0 Å². The maximum Gasteiger partial charge on any atom is 0.316 e. The molecule has 5 heteroatoms. The van der Waals surface area contributed by atoms with Crippen LogP contribution in [0.15, 0.2) is 40.6 Å². The number of carbonyl (C=O) groups excluding carboxylic acids is 2. The molecule has 5 nitrogen and oxygen atoms in total. The molecule has 0 spiro atoms. The van der Waals surface area contributed by atoms with E-state index in [2.05, 4.69) is 0 Å². The van der Waals surface area contributed by atoms with Crippen molar-refractivity contribution in [2.24, 2.45) is 16.3 Å². The zero-order valence-corrected chi connectivity index (χ0v) is 16.1. The van der Waals surface area contributed by atoms with E-state index in [1.807, 2.05) is 52.0 Å². The van der Waals surface area contributed by atoms with Gasteiger partial charge in [0.2, 0.25) is 0 Å². The van der Waals surface area contributed by atoms with E-state index < -0.39 is 17.3 Å². The molecular weight excluding hydrogens is 330 g/mol. The van der Waals surface area contributed by atoms with Crippen LogP contribution in [0, 0.1) is 18.3 Å².